The Morgan fingerprint density at radius 1 is 0.547 bits per heavy atom. The summed E-state index contributed by atoms with van der Waals surface area (Å²) in [5.74, 6) is -3.13. The molecule has 19 heteroatoms. The predicted octanol–water partition coefficient (Wildman–Crippen LogP) is 10.2. The van der Waals surface area contributed by atoms with Crippen molar-refractivity contribution in [1.82, 2.24) is 18.9 Å². The van der Waals surface area contributed by atoms with Gasteiger partial charge in [0, 0.05) is 62.3 Å². The van der Waals surface area contributed by atoms with E-state index in [1.165, 1.54) is 17.4 Å². The van der Waals surface area contributed by atoms with Crippen molar-refractivity contribution < 1.29 is 76.7 Å². The van der Waals surface area contributed by atoms with E-state index < -0.39 is 53.9 Å². The molecule has 4 heterocycles. The van der Waals surface area contributed by atoms with Gasteiger partial charge in [-0.05, 0) is 264 Å². The van der Waals surface area contributed by atoms with Crippen LogP contribution in [0.15, 0.2) is 82.6 Å². The van der Waals surface area contributed by atoms with E-state index in [9.17, 15) is 33.9 Å². The number of rotatable bonds is 29. The number of benzene rings is 4. The second-order valence-corrected chi connectivity index (χ2v) is 26.5. The standard InChI is InChI=1S/C39H51FN2O5.C37H47FN2O5.Li.H2O2/c1-9-47-37(45)22-30(32-20-31(18-27(6)39(32)40)38-25(4)11-12-35(46-8)28(38)7)21-34(43)33(17-24(2)3)42-23-29(26(5)19-36(42)44)13-16-41-14-10-15-41;1-22(2)15-31(40-21-27(24(4)17-34(40)42)11-14-39-12-8-13-39)32(41)19-28(20-35(43)44)30-18-29(16-25(5)37(30)38)36-23(3)9-10-33(45-7)26(36)6;;1-2/h11-12,18-20,23-24,30,33H,9-10,13-17,21-22H2,1-8H3;9-10,16-18,21-22,28,31H,8,11-15,19-20H2,1-7H3,(H,43,44);;1-2H/q;;+1;/p-1/t30-,33?;28-,31?;;/m00../s1. The summed E-state index contributed by atoms with van der Waals surface area (Å²) in [6, 6.07) is 16.4. The summed E-state index contributed by atoms with van der Waals surface area (Å²) in [4.78, 5) is 85.0. The van der Waals surface area contributed by atoms with E-state index in [0.29, 0.717) is 29.7 Å². The van der Waals surface area contributed by atoms with Gasteiger partial charge in [0.1, 0.15) is 23.1 Å². The van der Waals surface area contributed by atoms with Crippen LogP contribution in [0.5, 0.6) is 11.5 Å². The quantitative estimate of drug-likeness (QED) is 0.0194. The number of carbonyl (C=O) groups is 4. The molecule has 4 aromatic carbocycles. The Morgan fingerprint density at radius 2 is 0.926 bits per heavy atom. The van der Waals surface area contributed by atoms with Gasteiger partial charge < -0.3 is 48.8 Å². The number of carbonyl (C=O) groups excluding carboxylic acids is 3. The van der Waals surface area contributed by atoms with Gasteiger partial charge in [0.05, 0.1) is 45.8 Å². The number of pyridine rings is 2. The molecular formula is C76H99F2LiN4O12. The van der Waals surface area contributed by atoms with Crippen LogP contribution in [-0.2, 0) is 36.8 Å². The first-order valence-electron chi connectivity index (χ1n) is 33.0. The van der Waals surface area contributed by atoms with Crippen LogP contribution in [0.3, 0.4) is 0 Å². The van der Waals surface area contributed by atoms with Gasteiger partial charge >= 0.3 is 30.8 Å². The number of ether oxygens (including phenoxy) is 3. The molecule has 2 unspecified atom stereocenters. The Bertz CT molecular complexity index is 3780. The topological polar surface area (TPSA) is 210 Å². The molecule has 2 fully saturated rings. The molecule has 0 saturated carbocycles. The third-order valence-corrected chi connectivity index (χ3v) is 18.6. The number of nitrogens with zero attached hydrogens (tertiary/aromatic N) is 4. The van der Waals surface area contributed by atoms with Gasteiger partial charge in [-0.3, -0.25) is 28.8 Å². The molecule has 2 aliphatic rings. The van der Waals surface area contributed by atoms with Crippen molar-refractivity contribution in [3.05, 3.63) is 172 Å². The summed E-state index contributed by atoms with van der Waals surface area (Å²) in [5.41, 5.74) is 11.7. The molecule has 2 aliphatic heterocycles. The summed E-state index contributed by atoms with van der Waals surface area (Å²) in [6.45, 7) is 31.1. The number of carboxylic acids is 1. The zero-order valence-electron chi connectivity index (χ0n) is 58.9. The number of aryl methyl sites for hydroxylation is 6. The minimum Gasteiger partial charge on any atom is -0.727 e. The first-order valence-corrected chi connectivity index (χ1v) is 33.0. The number of likely N-dealkylation sites (tertiary alicyclic amines) is 2. The molecule has 0 radical (unpaired) electrons. The van der Waals surface area contributed by atoms with Gasteiger partial charge in [0.15, 0.2) is 11.6 Å². The SMILES string of the molecule is CCOC(=O)C[C@H](CC(=O)C(CC(C)C)n1cc(CCN2CCC2)c(C)cc1=O)c1cc(-c2c(C)ccc(OC)c2C)cc(C)c1F.COc1ccc(C)c(-c2cc(C)c(F)c([C@H](CC(=O)O)CC(=O)C(CC(C)C)n3cc(CCN4CCC4)c(C)cc3=O)c2)c1C.[Li+].[O-]O. The number of esters is 1. The predicted molar refractivity (Wildman–Crippen MR) is 363 cm³/mol. The van der Waals surface area contributed by atoms with E-state index in [1.54, 1.807) is 76.0 Å². The third kappa shape index (κ3) is 20.3. The summed E-state index contributed by atoms with van der Waals surface area (Å²) >= 11 is 0. The van der Waals surface area contributed by atoms with E-state index in [4.69, 9.17) is 24.7 Å². The Kier molecular flexibility index (Phi) is 30.1. The van der Waals surface area contributed by atoms with Crippen molar-refractivity contribution >= 4 is 23.5 Å². The zero-order valence-corrected chi connectivity index (χ0v) is 58.9. The van der Waals surface area contributed by atoms with E-state index in [-0.39, 0.29) is 90.4 Å². The van der Waals surface area contributed by atoms with Crippen LogP contribution in [0.2, 0.25) is 0 Å². The van der Waals surface area contributed by atoms with Gasteiger partial charge in [-0.2, -0.15) is 0 Å². The molecular weight excluding hydrogens is 1210 g/mol. The molecule has 510 valence electrons. The van der Waals surface area contributed by atoms with Crippen molar-refractivity contribution in [2.24, 2.45) is 11.8 Å². The fraction of sp³-hybridized carbons (Fsp3) is 0.500. The molecule has 2 saturated heterocycles. The maximum absolute atomic E-state index is 16.1. The third-order valence-electron chi connectivity index (χ3n) is 18.6. The molecule has 95 heavy (non-hydrogen) atoms. The first kappa shape index (κ1) is 78.7. The van der Waals surface area contributed by atoms with E-state index in [2.05, 4.69) is 9.80 Å². The first-order chi connectivity index (χ1) is 44.6. The largest absolute Gasteiger partial charge is 1.00 e. The van der Waals surface area contributed by atoms with Crippen molar-refractivity contribution in [2.75, 3.05) is 60.1 Å². The molecule has 2 N–H and O–H groups in total. The van der Waals surface area contributed by atoms with Crippen molar-refractivity contribution in [1.29, 1.82) is 0 Å². The summed E-state index contributed by atoms with van der Waals surface area (Å²) in [7, 11) is 3.21. The molecule has 4 atom stereocenters. The molecule has 0 bridgehead atoms. The van der Waals surface area contributed by atoms with Gasteiger partial charge in [-0.25, -0.2) is 8.78 Å². The Labute approximate surface area is 572 Å². The Morgan fingerprint density at radius 3 is 1.25 bits per heavy atom. The molecule has 16 nitrogen and oxygen atoms in total. The van der Waals surface area contributed by atoms with E-state index >= 15 is 8.78 Å². The molecule has 8 rings (SSSR count). The number of hydrogen-bond donors (Lipinski definition) is 2. The number of ketones is 2. The average Bonchev–Trinajstić information content (AvgIpc) is 0.807. The maximum atomic E-state index is 16.1. The van der Waals surface area contributed by atoms with Crippen LogP contribution in [0, 0.1) is 78.9 Å². The number of methoxy groups -OCH3 is 2. The molecule has 0 amide bonds. The van der Waals surface area contributed by atoms with Crippen LogP contribution >= 0.6 is 0 Å². The van der Waals surface area contributed by atoms with Crippen LogP contribution < -0.4 is 44.7 Å². The minimum atomic E-state index is -1.12. The number of aromatic nitrogens is 2. The second-order valence-electron chi connectivity index (χ2n) is 26.5. The summed E-state index contributed by atoms with van der Waals surface area (Å²) in [5, 5.41) is 22.9. The number of Topliss-reactive ketones (excluding diaryl/α,β-unsaturated/α-hetero) is 2. The number of carboxylic acid groups (broad SMARTS) is 1. The Hall–Kier alpha value is -7.04. The fourth-order valence-electron chi connectivity index (χ4n) is 13.3. The molecule has 0 spiro atoms. The van der Waals surface area contributed by atoms with Crippen LogP contribution in [0.25, 0.3) is 22.3 Å². The number of halogens is 2. The monoisotopic (exact) mass is 1300 g/mol. The van der Waals surface area contributed by atoms with Crippen molar-refractivity contribution in [2.45, 2.75) is 178 Å². The summed E-state index contributed by atoms with van der Waals surface area (Å²) < 4.78 is 51.5. The second kappa shape index (κ2) is 36.3. The molecule has 6 aromatic rings. The van der Waals surface area contributed by atoms with Crippen LogP contribution in [-0.4, -0.2) is 113 Å². The van der Waals surface area contributed by atoms with Crippen LogP contribution in [0.1, 0.15) is 177 Å². The van der Waals surface area contributed by atoms with Gasteiger partial charge in [-0.15, -0.1) is 0 Å². The smallest absolute Gasteiger partial charge is 0.727 e. The van der Waals surface area contributed by atoms with Gasteiger partial charge in [-0.1, -0.05) is 39.8 Å². The average molecular weight is 1310 g/mol. The van der Waals surface area contributed by atoms with Crippen molar-refractivity contribution in [3.63, 3.8) is 0 Å². The van der Waals surface area contributed by atoms with Gasteiger partial charge in [0.2, 0.25) is 0 Å². The minimum absolute atomic E-state index is 0. The number of aliphatic carboxylic acids is 1. The Balaban J connectivity index is 0.000000332. The molecule has 2 aromatic heterocycles. The maximum Gasteiger partial charge on any atom is 1.00 e. The zero-order chi connectivity index (χ0) is 69.4. The van der Waals surface area contributed by atoms with E-state index in [1.807, 2.05) is 106 Å². The fourth-order valence-corrected chi connectivity index (χ4v) is 13.3. The van der Waals surface area contributed by atoms with Crippen molar-refractivity contribution in [3.8, 4) is 33.8 Å². The van der Waals surface area contributed by atoms with Gasteiger partial charge in [0.25, 0.3) is 11.1 Å². The summed E-state index contributed by atoms with van der Waals surface area (Å²) in [6.07, 6.45) is 7.60. The van der Waals surface area contributed by atoms with E-state index in [0.717, 1.165) is 125 Å². The molecule has 0 aliphatic carbocycles. The number of hydrogen-bond acceptors (Lipinski definition) is 13. The normalized spacial score (nSPS) is 14.2. The van der Waals surface area contributed by atoms with Crippen LogP contribution in [0.4, 0.5) is 8.78 Å².